The van der Waals surface area contributed by atoms with Gasteiger partial charge in [0.1, 0.15) is 5.75 Å². The van der Waals surface area contributed by atoms with Crippen molar-refractivity contribution in [2.24, 2.45) is 0 Å². The first-order chi connectivity index (χ1) is 17.7. The lowest BCUT2D eigenvalue weighted by Gasteiger charge is -2.26. The van der Waals surface area contributed by atoms with Gasteiger partial charge in [-0.15, -0.1) is 0 Å². The van der Waals surface area contributed by atoms with Crippen molar-refractivity contribution in [3.05, 3.63) is 83.4 Å². The van der Waals surface area contributed by atoms with Crippen molar-refractivity contribution in [1.82, 2.24) is 0 Å². The molecule has 3 aromatic rings. The maximum absolute atomic E-state index is 13.0. The van der Waals surface area contributed by atoms with Crippen LogP contribution in [0, 0.1) is 6.92 Å². The van der Waals surface area contributed by atoms with Gasteiger partial charge in [0.15, 0.2) is 6.61 Å². The van der Waals surface area contributed by atoms with Crippen LogP contribution in [-0.2, 0) is 22.3 Å². The summed E-state index contributed by atoms with van der Waals surface area (Å²) in [5.74, 6) is 0.236. The van der Waals surface area contributed by atoms with Gasteiger partial charge in [-0.25, -0.2) is 4.79 Å². The average molecular weight is 514 g/mol. The summed E-state index contributed by atoms with van der Waals surface area (Å²) < 4.78 is 49.5. The molecule has 0 bridgehead atoms. The number of hydrogen-bond donors (Lipinski definition) is 0. The van der Waals surface area contributed by atoms with Crippen LogP contribution in [0.5, 0.6) is 5.75 Å². The summed E-state index contributed by atoms with van der Waals surface area (Å²) in [6.45, 7) is 7.56. The topological polar surface area (TPSA) is 38.8 Å². The molecular weight excluding hydrogens is 479 g/mol. The van der Waals surface area contributed by atoms with Crippen LogP contribution in [0.4, 0.5) is 18.9 Å². The first kappa shape index (κ1) is 28.1. The van der Waals surface area contributed by atoms with Gasteiger partial charge in [-0.05, 0) is 72.9 Å². The van der Waals surface area contributed by atoms with E-state index in [1.807, 2.05) is 49.4 Å². The van der Waals surface area contributed by atoms with Crippen LogP contribution >= 0.6 is 0 Å². The summed E-state index contributed by atoms with van der Waals surface area (Å²) in [4.78, 5) is 13.9. The maximum atomic E-state index is 13.0. The summed E-state index contributed by atoms with van der Waals surface area (Å²) in [6, 6.07) is 19.1. The largest absolute Gasteiger partial charge is 0.482 e. The number of aryl methyl sites for hydroxylation is 1. The highest BCUT2D eigenvalue weighted by atomic mass is 19.4. The van der Waals surface area contributed by atoms with Crippen molar-refractivity contribution in [2.45, 2.75) is 52.8 Å². The Bertz CT molecular complexity index is 1160. The normalized spacial score (nSPS) is 11.3. The molecule has 7 heteroatoms. The minimum absolute atomic E-state index is 0.131. The Morgan fingerprint density at radius 2 is 1.68 bits per heavy atom. The van der Waals surface area contributed by atoms with Crippen molar-refractivity contribution in [1.29, 1.82) is 0 Å². The highest BCUT2D eigenvalue weighted by Gasteiger charge is 2.30. The number of carbonyl (C=O) groups excluding carboxylic acids is 1. The summed E-state index contributed by atoms with van der Waals surface area (Å²) in [5.41, 5.74) is 3.98. The number of nitrogens with zero attached hydrogens (tertiary/aromatic N) is 1. The molecule has 0 fully saturated rings. The van der Waals surface area contributed by atoms with Gasteiger partial charge >= 0.3 is 12.1 Å². The van der Waals surface area contributed by atoms with Gasteiger partial charge < -0.3 is 14.4 Å². The van der Waals surface area contributed by atoms with Crippen LogP contribution in [0.15, 0.2) is 66.7 Å². The second-order valence-electron chi connectivity index (χ2n) is 8.95. The first-order valence-corrected chi connectivity index (χ1v) is 12.6. The highest BCUT2D eigenvalue weighted by Crippen LogP contribution is 2.32. The van der Waals surface area contributed by atoms with E-state index in [2.05, 4.69) is 11.8 Å². The zero-order chi connectivity index (χ0) is 26.8. The molecule has 0 aromatic heterocycles. The van der Waals surface area contributed by atoms with Crippen LogP contribution in [-0.4, -0.2) is 25.7 Å². The molecule has 3 rings (SSSR count). The Balaban J connectivity index is 1.79. The molecule has 0 radical (unpaired) electrons. The summed E-state index contributed by atoms with van der Waals surface area (Å²) in [6.07, 6.45) is -1.12. The SMILES string of the molecule is CCCCCN(Cc1ccc(OCC(=O)OCC)c(C)c1)c1cccc(-c2ccc(C(F)(F)F)cc2)c1. The molecule has 198 valence electrons. The molecule has 0 aliphatic rings. The molecule has 0 N–H and O–H groups in total. The molecule has 0 saturated heterocycles. The number of unbranched alkanes of at least 4 members (excludes halogenated alkanes) is 2. The van der Waals surface area contributed by atoms with E-state index < -0.39 is 17.7 Å². The number of benzene rings is 3. The lowest BCUT2D eigenvalue weighted by atomic mass is 10.0. The smallest absolute Gasteiger partial charge is 0.416 e. The lowest BCUT2D eigenvalue weighted by Crippen LogP contribution is -2.24. The summed E-state index contributed by atoms with van der Waals surface area (Å²) in [7, 11) is 0. The molecule has 0 spiro atoms. The van der Waals surface area contributed by atoms with Crippen LogP contribution in [0.1, 0.15) is 49.8 Å². The van der Waals surface area contributed by atoms with Gasteiger partial charge in [0.05, 0.1) is 12.2 Å². The molecule has 0 amide bonds. The number of rotatable bonds is 12. The Labute approximate surface area is 217 Å². The Morgan fingerprint density at radius 1 is 0.919 bits per heavy atom. The third-order valence-electron chi connectivity index (χ3n) is 6.05. The van der Waals surface area contributed by atoms with E-state index in [0.29, 0.717) is 18.9 Å². The first-order valence-electron chi connectivity index (χ1n) is 12.6. The van der Waals surface area contributed by atoms with Crippen LogP contribution in [0.3, 0.4) is 0 Å². The fraction of sp³-hybridized carbons (Fsp3) is 0.367. The molecule has 0 atom stereocenters. The molecule has 0 heterocycles. The van der Waals surface area contributed by atoms with Crippen molar-refractivity contribution < 1.29 is 27.4 Å². The highest BCUT2D eigenvalue weighted by molar-refractivity contribution is 5.71. The predicted molar refractivity (Wildman–Crippen MR) is 141 cm³/mol. The number of alkyl halides is 3. The molecule has 0 unspecified atom stereocenters. The van der Waals surface area contributed by atoms with Crippen LogP contribution in [0.25, 0.3) is 11.1 Å². The number of halogens is 3. The fourth-order valence-electron chi connectivity index (χ4n) is 4.12. The van der Waals surface area contributed by atoms with E-state index in [1.54, 1.807) is 6.92 Å². The van der Waals surface area contributed by atoms with E-state index in [-0.39, 0.29) is 6.61 Å². The van der Waals surface area contributed by atoms with E-state index in [9.17, 15) is 18.0 Å². The minimum Gasteiger partial charge on any atom is -0.482 e. The molecule has 3 aromatic carbocycles. The zero-order valence-corrected chi connectivity index (χ0v) is 21.6. The number of hydrogen-bond acceptors (Lipinski definition) is 4. The van der Waals surface area contributed by atoms with Gasteiger partial charge in [-0.2, -0.15) is 13.2 Å². The van der Waals surface area contributed by atoms with E-state index in [1.165, 1.54) is 12.1 Å². The van der Waals surface area contributed by atoms with Crippen LogP contribution < -0.4 is 9.64 Å². The summed E-state index contributed by atoms with van der Waals surface area (Å²) >= 11 is 0. The Kier molecular flexibility index (Phi) is 10.0. The van der Waals surface area contributed by atoms with E-state index in [0.717, 1.165) is 65.9 Å². The van der Waals surface area contributed by atoms with E-state index >= 15 is 0 Å². The van der Waals surface area contributed by atoms with Gasteiger partial charge in [0, 0.05) is 18.8 Å². The molecule has 37 heavy (non-hydrogen) atoms. The van der Waals surface area contributed by atoms with Gasteiger partial charge in [-0.1, -0.05) is 56.2 Å². The number of carbonyl (C=O) groups is 1. The van der Waals surface area contributed by atoms with E-state index in [4.69, 9.17) is 9.47 Å². The van der Waals surface area contributed by atoms with Crippen molar-refractivity contribution in [3.8, 4) is 16.9 Å². The third kappa shape index (κ3) is 8.27. The molecule has 0 saturated carbocycles. The molecule has 4 nitrogen and oxygen atoms in total. The van der Waals surface area contributed by atoms with Gasteiger partial charge in [0.2, 0.25) is 0 Å². The van der Waals surface area contributed by atoms with Gasteiger partial charge in [-0.3, -0.25) is 0 Å². The third-order valence-corrected chi connectivity index (χ3v) is 6.05. The van der Waals surface area contributed by atoms with Gasteiger partial charge in [0.25, 0.3) is 0 Å². The second-order valence-corrected chi connectivity index (χ2v) is 8.95. The van der Waals surface area contributed by atoms with Crippen molar-refractivity contribution in [3.63, 3.8) is 0 Å². The van der Waals surface area contributed by atoms with Crippen molar-refractivity contribution in [2.75, 3.05) is 24.7 Å². The summed E-state index contributed by atoms with van der Waals surface area (Å²) in [5, 5.41) is 0. The molecule has 0 aliphatic carbocycles. The average Bonchev–Trinajstić information content (AvgIpc) is 2.87. The fourth-order valence-corrected chi connectivity index (χ4v) is 4.12. The standard InChI is InChI=1S/C30H34F3NO3/c1-4-6-7-17-34(20-23-11-16-28(22(3)18-23)37-21-29(35)36-5-2)27-10-8-9-25(19-27)24-12-14-26(15-13-24)30(31,32)33/h8-16,18-19H,4-7,17,20-21H2,1-3H3. The predicted octanol–water partition coefficient (Wildman–Crippen LogP) is 7.82. The number of esters is 1. The monoisotopic (exact) mass is 513 g/mol. The number of ether oxygens (including phenoxy) is 2. The maximum Gasteiger partial charge on any atom is 0.416 e. The quantitative estimate of drug-likeness (QED) is 0.183. The van der Waals surface area contributed by atoms with Crippen molar-refractivity contribution >= 4 is 11.7 Å². The Hall–Kier alpha value is -3.48. The van der Waals surface area contributed by atoms with Crippen LogP contribution in [0.2, 0.25) is 0 Å². The minimum atomic E-state index is -4.35. The lowest BCUT2D eigenvalue weighted by molar-refractivity contribution is -0.145. The molecular formula is C30H34F3NO3. The Morgan fingerprint density at radius 3 is 2.32 bits per heavy atom. The zero-order valence-electron chi connectivity index (χ0n) is 21.6. The number of anilines is 1. The molecule has 0 aliphatic heterocycles. The second kappa shape index (κ2) is 13.2.